The summed E-state index contributed by atoms with van der Waals surface area (Å²) in [5.41, 5.74) is 13.8. The van der Waals surface area contributed by atoms with Crippen molar-refractivity contribution in [1.82, 2.24) is 0 Å². The molecule has 0 aliphatic carbocycles. The highest BCUT2D eigenvalue weighted by atomic mass is 16.5. The zero-order valence-electron chi connectivity index (χ0n) is 12.9. The lowest BCUT2D eigenvalue weighted by Crippen LogP contribution is -2.11. The number of carbonyl (C=O) groups is 1. The van der Waals surface area contributed by atoms with Crippen LogP contribution in [0.25, 0.3) is 0 Å². The van der Waals surface area contributed by atoms with Gasteiger partial charge in [0, 0.05) is 22.6 Å². The third kappa shape index (κ3) is 3.84. The molecule has 0 aromatic heterocycles. The Labute approximate surface area is 139 Å². The molecule has 0 unspecified atom stereocenters. The lowest BCUT2D eigenvalue weighted by molar-refractivity contribution is 0.102. The van der Waals surface area contributed by atoms with E-state index in [4.69, 9.17) is 16.2 Å². The fourth-order valence-corrected chi connectivity index (χ4v) is 2.12. The highest BCUT2D eigenvalue weighted by Gasteiger charge is 2.06. The van der Waals surface area contributed by atoms with E-state index in [1.165, 1.54) is 0 Å². The van der Waals surface area contributed by atoms with Crippen molar-refractivity contribution in [3.63, 3.8) is 0 Å². The molecule has 3 rings (SSSR count). The van der Waals surface area contributed by atoms with E-state index in [1.807, 2.05) is 0 Å². The van der Waals surface area contributed by atoms with Gasteiger partial charge in [0.1, 0.15) is 11.5 Å². The van der Waals surface area contributed by atoms with Gasteiger partial charge in [0.05, 0.1) is 0 Å². The van der Waals surface area contributed by atoms with Crippen molar-refractivity contribution in [2.24, 2.45) is 0 Å². The number of hydrogen-bond donors (Lipinski definition) is 3. The van der Waals surface area contributed by atoms with Gasteiger partial charge in [-0.25, -0.2) is 0 Å². The predicted octanol–water partition coefficient (Wildman–Crippen LogP) is 3.90. The van der Waals surface area contributed by atoms with Gasteiger partial charge in [-0.1, -0.05) is 0 Å². The maximum Gasteiger partial charge on any atom is 0.255 e. The summed E-state index contributed by atoms with van der Waals surface area (Å²) in [5.74, 6) is 1.18. The first kappa shape index (κ1) is 15.4. The Morgan fingerprint density at radius 1 is 0.708 bits per heavy atom. The van der Waals surface area contributed by atoms with Crippen molar-refractivity contribution in [2.75, 3.05) is 16.8 Å². The minimum atomic E-state index is -0.192. The van der Waals surface area contributed by atoms with Crippen molar-refractivity contribution in [2.45, 2.75) is 0 Å². The van der Waals surface area contributed by atoms with E-state index in [1.54, 1.807) is 72.8 Å². The number of benzene rings is 3. The molecule has 3 aromatic rings. The molecule has 3 aromatic carbocycles. The average Bonchev–Trinajstić information content (AvgIpc) is 2.59. The summed E-state index contributed by atoms with van der Waals surface area (Å²) >= 11 is 0. The molecule has 5 N–H and O–H groups in total. The van der Waals surface area contributed by atoms with Crippen molar-refractivity contribution in [1.29, 1.82) is 0 Å². The number of amides is 1. The molecule has 0 atom stereocenters. The van der Waals surface area contributed by atoms with Crippen LogP contribution in [-0.4, -0.2) is 5.91 Å². The topological polar surface area (TPSA) is 90.4 Å². The van der Waals surface area contributed by atoms with Crippen LogP contribution in [0.4, 0.5) is 17.1 Å². The van der Waals surface area contributed by atoms with E-state index in [-0.39, 0.29) is 5.91 Å². The Balaban J connectivity index is 1.64. The summed E-state index contributed by atoms with van der Waals surface area (Å²) in [6.45, 7) is 0. The van der Waals surface area contributed by atoms with E-state index < -0.39 is 0 Å². The molecule has 0 fully saturated rings. The highest BCUT2D eigenvalue weighted by molar-refractivity contribution is 6.04. The van der Waals surface area contributed by atoms with Gasteiger partial charge < -0.3 is 21.5 Å². The molecule has 24 heavy (non-hydrogen) atoms. The molecule has 120 valence electrons. The Hall–Kier alpha value is -3.47. The molecule has 0 bridgehead atoms. The fraction of sp³-hybridized carbons (Fsp3) is 0. The summed E-state index contributed by atoms with van der Waals surface area (Å²) < 4.78 is 5.71. The second kappa shape index (κ2) is 6.75. The normalized spacial score (nSPS) is 10.2. The van der Waals surface area contributed by atoms with Crippen LogP contribution in [0.1, 0.15) is 10.4 Å². The SMILES string of the molecule is Nc1ccc(Oc2ccc(NC(=O)c3ccc(N)cc3)cc2)cc1. The van der Waals surface area contributed by atoms with Gasteiger partial charge in [-0.2, -0.15) is 0 Å². The summed E-state index contributed by atoms with van der Waals surface area (Å²) in [4.78, 5) is 12.1. The van der Waals surface area contributed by atoms with Crippen LogP contribution in [0, 0.1) is 0 Å². The van der Waals surface area contributed by atoms with Crippen LogP contribution >= 0.6 is 0 Å². The number of rotatable bonds is 4. The van der Waals surface area contributed by atoms with Crippen molar-refractivity contribution < 1.29 is 9.53 Å². The second-order valence-electron chi connectivity index (χ2n) is 5.27. The third-order valence-corrected chi connectivity index (χ3v) is 3.40. The Bertz CT molecular complexity index is 826. The van der Waals surface area contributed by atoms with Crippen molar-refractivity contribution >= 4 is 23.0 Å². The molecule has 0 aliphatic rings. The van der Waals surface area contributed by atoms with Crippen LogP contribution in [0.15, 0.2) is 72.8 Å². The summed E-state index contributed by atoms with van der Waals surface area (Å²) in [6, 6.07) is 21.0. The zero-order valence-corrected chi connectivity index (χ0v) is 12.9. The first-order chi connectivity index (χ1) is 11.6. The van der Waals surface area contributed by atoms with Crippen LogP contribution in [0.3, 0.4) is 0 Å². The maximum atomic E-state index is 12.1. The van der Waals surface area contributed by atoms with E-state index in [0.29, 0.717) is 34.1 Å². The van der Waals surface area contributed by atoms with Crippen molar-refractivity contribution in [3.05, 3.63) is 78.4 Å². The average molecular weight is 319 g/mol. The summed E-state index contributed by atoms with van der Waals surface area (Å²) in [7, 11) is 0. The molecule has 0 spiro atoms. The quantitative estimate of drug-likeness (QED) is 0.636. The lowest BCUT2D eigenvalue weighted by atomic mass is 10.2. The molecule has 0 radical (unpaired) electrons. The Kier molecular flexibility index (Phi) is 4.34. The number of ether oxygens (including phenoxy) is 1. The summed E-state index contributed by atoms with van der Waals surface area (Å²) in [6.07, 6.45) is 0. The molecule has 0 saturated carbocycles. The molecule has 0 heterocycles. The van der Waals surface area contributed by atoms with Gasteiger partial charge >= 0.3 is 0 Å². The van der Waals surface area contributed by atoms with E-state index in [9.17, 15) is 4.79 Å². The molecule has 5 nitrogen and oxygen atoms in total. The highest BCUT2D eigenvalue weighted by Crippen LogP contribution is 2.24. The first-order valence-electron chi connectivity index (χ1n) is 7.40. The monoisotopic (exact) mass is 319 g/mol. The number of nitrogens with one attached hydrogen (secondary N) is 1. The number of hydrogen-bond acceptors (Lipinski definition) is 4. The minimum Gasteiger partial charge on any atom is -0.457 e. The number of nitrogens with two attached hydrogens (primary N) is 2. The van der Waals surface area contributed by atoms with Gasteiger partial charge in [-0.05, 0) is 72.8 Å². The van der Waals surface area contributed by atoms with Crippen LogP contribution in [0.2, 0.25) is 0 Å². The zero-order chi connectivity index (χ0) is 16.9. The van der Waals surface area contributed by atoms with Crippen LogP contribution in [0.5, 0.6) is 11.5 Å². The van der Waals surface area contributed by atoms with E-state index in [2.05, 4.69) is 5.32 Å². The van der Waals surface area contributed by atoms with Gasteiger partial charge in [-0.3, -0.25) is 4.79 Å². The summed E-state index contributed by atoms with van der Waals surface area (Å²) in [5, 5.41) is 2.82. The molecule has 0 saturated heterocycles. The number of anilines is 3. The Morgan fingerprint density at radius 2 is 1.17 bits per heavy atom. The molecule has 1 amide bonds. The van der Waals surface area contributed by atoms with Gasteiger partial charge in [0.2, 0.25) is 0 Å². The maximum absolute atomic E-state index is 12.1. The van der Waals surface area contributed by atoms with Gasteiger partial charge in [-0.15, -0.1) is 0 Å². The van der Waals surface area contributed by atoms with Crippen LogP contribution in [-0.2, 0) is 0 Å². The number of nitrogen functional groups attached to an aromatic ring is 2. The standard InChI is InChI=1S/C19H17N3O2/c20-14-3-1-13(2-4-14)19(23)22-16-7-11-18(12-8-16)24-17-9-5-15(21)6-10-17/h1-12H,20-21H2,(H,22,23). The molecule has 5 heteroatoms. The second-order valence-corrected chi connectivity index (χ2v) is 5.27. The molecular weight excluding hydrogens is 302 g/mol. The molecular formula is C19H17N3O2. The predicted molar refractivity (Wildman–Crippen MR) is 96.2 cm³/mol. The van der Waals surface area contributed by atoms with E-state index >= 15 is 0 Å². The lowest BCUT2D eigenvalue weighted by Gasteiger charge is -2.08. The largest absolute Gasteiger partial charge is 0.457 e. The fourth-order valence-electron chi connectivity index (χ4n) is 2.12. The van der Waals surface area contributed by atoms with Crippen molar-refractivity contribution in [3.8, 4) is 11.5 Å². The van der Waals surface area contributed by atoms with Gasteiger partial charge in [0.25, 0.3) is 5.91 Å². The smallest absolute Gasteiger partial charge is 0.255 e. The van der Waals surface area contributed by atoms with Gasteiger partial charge in [0.15, 0.2) is 0 Å². The first-order valence-corrected chi connectivity index (χ1v) is 7.40. The Morgan fingerprint density at radius 3 is 1.71 bits per heavy atom. The minimum absolute atomic E-state index is 0.192. The van der Waals surface area contributed by atoms with E-state index in [0.717, 1.165) is 0 Å². The number of carbonyl (C=O) groups excluding carboxylic acids is 1. The third-order valence-electron chi connectivity index (χ3n) is 3.40. The molecule has 0 aliphatic heterocycles. The van der Waals surface area contributed by atoms with Crippen LogP contribution < -0.4 is 21.5 Å².